The van der Waals surface area contributed by atoms with Crippen LogP contribution >= 0.6 is 0 Å². The van der Waals surface area contributed by atoms with E-state index in [1.807, 2.05) is 0 Å². The van der Waals surface area contributed by atoms with Crippen LogP contribution in [0, 0.1) is 5.41 Å². The normalized spacial score (nSPS) is 26.5. The number of quaternary nitrogens is 2. The molecule has 0 atom stereocenters. The average molecular weight is 268 g/mol. The molecule has 1 heterocycles. The summed E-state index contributed by atoms with van der Waals surface area (Å²) < 4.78 is 2.46. The number of piperidine rings is 1. The van der Waals surface area contributed by atoms with Crippen LogP contribution in [0.25, 0.3) is 0 Å². The zero-order valence-corrected chi connectivity index (χ0v) is 13.9. The Hall–Kier alpha value is -0.0800. The van der Waals surface area contributed by atoms with Gasteiger partial charge < -0.3 is 8.97 Å². The van der Waals surface area contributed by atoms with Gasteiger partial charge in [0.25, 0.3) is 0 Å². The van der Waals surface area contributed by atoms with Crippen molar-refractivity contribution in [2.24, 2.45) is 5.41 Å². The Morgan fingerprint density at radius 2 is 1.47 bits per heavy atom. The van der Waals surface area contributed by atoms with Gasteiger partial charge in [-0.25, -0.2) is 0 Å². The minimum absolute atomic E-state index is 0.774. The molecule has 2 rings (SSSR count). The molecule has 112 valence electrons. The summed E-state index contributed by atoms with van der Waals surface area (Å²) in [4.78, 5) is 0. The van der Waals surface area contributed by atoms with Crippen LogP contribution in [-0.4, -0.2) is 63.3 Å². The molecule has 1 aliphatic carbocycles. The van der Waals surface area contributed by atoms with Crippen molar-refractivity contribution in [3.8, 4) is 0 Å². The highest BCUT2D eigenvalue weighted by atomic mass is 15.3. The molecule has 19 heavy (non-hydrogen) atoms. The van der Waals surface area contributed by atoms with E-state index >= 15 is 0 Å². The molecule has 1 saturated carbocycles. The van der Waals surface area contributed by atoms with Gasteiger partial charge >= 0.3 is 0 Å². The van der Waals surface area contributed by atoms with Gasteiger partial charge in [0.2, 0.25) is 0 Å². The molecule has 0 aromatic carbocycles. The van der Waals surface area contributed by atoms with E-state index in [4.69, 9.17) is 0 Å². The highest BCUT2D eigenvalue weighted by Crippen LogP contribution is 2.45. The minimum atomic E-state index is 0.774. The van der Waals surface area contributed by atoms with Gasteiger partial charge in [-0.05, 0) is 18.3 Å². The largest absolute Gasteiger partial charge is 0.331 e. The molecular formula is C17H36N2+2. The fraction of sp³-hybridized carbons (Fsp3) is 1.00. The maximum absolute atomic E-state index is 2.51. The van der Waals surface area contributed by atoms with Crippen molar-refractivity contribution in [2.75, 3.05) is 54.4 Å². The Kier molecular flexibility index (Phi) is 4.62. The van der Waals surface area contributed by atoms with Crippen molar-refractivity contribution in [1.29, 1.82) is 0 Å². The first-order valence-corrected chi connectivity index (χ1v) is 8.47. The molecule has 2 fully saturated rings. The molecule has 2 heteroatoms. The Bertz CT molecular complexity index is 274. The predicted molar refractivity (Wildman–Crippen MR) is 83.1 cm³/mol. The van der Waals surface area contributed by atoms with Gasteiger partial charge in [0.1, 0.15) is 0 Å². The number of likely N-dealkylation sites (tertiary alicyclic amines) is 1. The third-order valence-corrected chi connectivity index (χ3v) is 5.81. The Balaban J connectivity index is 1.77. The molecule has 0 bridgehead atoms. The monoisotopic (exact) mass is 268 g/mol. The van der Waals surface area contributed by atoms with Gasteiger partial charge in [0, 0.05) is 19.3 Å². The number of hydrogen-bond acceptors (Lipinski definition) is 0. The molecule has 0 radical (unpaired) electrons. The summed E-state index contributed by atoms with van der Waals surface area (Å²) in [5.74, 6) is 0. The Morgan fingerprint density at radius 3 is 2.00 bits per heavy atom. The first kappa shape index (κ1) is 15.3. The second-order valence-electron chi connectivity index (χ2n) is 8.72. The van der Waals surface area contributed by atoms with Crippen LogP contribution in [0.3, 0.4) is 0 Å². The number of hydrogen-bond donors (Lipinski definition) is 0. The van der Waals surface area contributed by atoms with Gasteiger partial charge in [0.05, 0.1) is 54.4 Å². The molecule has 1 spiro atoms. The van der Waals surface area contributed by atoms with E-state index < -0.39 is 0 Å². The second kappa shape index (κ2) is 5.73. The van der Waals surface area contributed by atoms with E-state index in [0.29, 0.717) is 0 Å². The minimum Gasteiger partial charge on any atom is -0.331 e. The van der Waals surface area contributed by atoms with E-state index in [0.717, 1.165) is 9.90 Å². The van der Waals surface area contributed by atoms with Crippen molar-refractivity contribution in [3.05, 3.63) is 0 Å². The van der Waals surface area contributed by atoms with Crippen LogP contribution < -0.4 is 0 Å². The molecule has 0 aromatic heterocycles. The summed E-state index contributed by atoms with van der Waals surface area (Å²) >= 11 is 0. The average Bonchev–Trinajstić information content (AvgIpc) is 2.34. The van der Waals surface area contributed by atoms with Crippen molar-refractivity contribution < 1.29 is 8.97 Å². The number of rotatable bonds is 4. The summed E-state index contributed by atoms with van der Waals surface area (Å²) in [6, 6.07) is 0. The molecule has 0 aromatic rings. The molecule has 0 N–H and O–H groups in total. The maximum atomic E-state index is 2.51. The highest BCUT2D eigenvalue weighted by Gasteiger charge is 2.40. The SMILES string of the molecule is C[N+](C)(C)CCC[N+]1(C)CCC2(CCCCC2)CC1. The third-order valence-electron chi connectivity index (χ3n) is 5.81. The van der Waals surface area contributed by atoms with E-state index in [-0.39, 0.29) is 0 Å². The van der Waals surface area contributed by atoms with E-state index in [2.05, 4.69) is 28.2 Å². The van der Waals surface area contributed by atoms with Gasteiger partial charge in [0.15, 0.2) is 0 Å². The fourth-order valence-electron chi connectivity index (χ4n) is 4.20. The first-order valence-electron chi connectivity index (χ1n) is 8.47. The van der Waals surface area contributed by atoms with Gasteiger partial charge in [-0.15, -0.1) is 0 Å². The van der Waals surface area contributed by atoms with Gasteiger partial charge in [-0.1, -0.05) is 19.3 Å². The van der Waals surface area contributed by atoms with Crippen molar-refractivity contribution in [3.63, 3.8) is 0 Å². The van der Waals surface area contributed by atoms with Crippen LogP contribution in [0.15, 0.2) is 0 Å². The summed E-state index contributed by atoms with van der Waals surface area (Å²) in [6.45, 7) is 5.60. The fourth-order valence-corrected chi connectivity index (χ4v) is 4.20. The zero-order valence-electron chi connectivity index (χ0n) is 13.9. The molecule has 0 amide bonds. The Labute approximate surface area is 121 Å². The molecular weight excluding hydrogens is 232 g/mol. The summed E-state index contributed by atoms with van der Waals surface area (Å²) in [7, 11) is 9.44. The zero-order chi connectivity index (χ0) is 14.0. The van der Waals surface area contributed by atoms with E-state index in [9.17, 15) is 0 Å². The second-order valence-corrected chi connectivity index (χ2v) is 8.72. The van der Waals surface area contributed by atoms with Gasteiger partial charge in [-0.2, -0.15) is 0 Å². The van der Waals surface area contributed by atoms with Crippen molar-refractivity contribution in [2.45, 2.75) is 51.4 Å². The predicted octanol–water partition coefficient (Wildman–Crippen LogP) is 3.27. The molecule has 1 aliphatic heterocycles. The van der Waals surface area contributed by atoms with E-state index in [1.54, 1.807) is 0 Å². The standard InChI is InChI=1S/C17H36N2/c1-18(2,3)13-8-14-19(4)15-11-17(12-16-19)9-6-5-7-10-17/h5-16H2,1-4H3/q+2. The molecule has 1 saturated heterocycles. The Morgan fingerprint density at radius 1 is 0.895 bits per heavy atom. The van der Waals surface area contributed by atoms with Crippen LogP contribution in [0.4, 0.5) is 0 Å². The smallest absolute Gasteiger partial charge is 0.0838 e. The quantitative estimate of drug-likeness (QED) is 0.687. The van der Waals surface area contributed by atoms with E-state index in [1.165, 1.54) is 82.0 Å². The lowest BCUT2D eigenvalue weighted by molar-refractivity contribution is -0.923. The highest BCUT2D eigenvalue weighted by molar-refractivity contribution is 4.85. The van der Waals surface area contributed by atoms with Crippen LogP contribution in [0.1, 0.15) is 51.4 Å². The maximum Gasteiger partial charge on any atom is 0.0838 e. The van der Waals surface area contributed by atoms with Gasteiger partial charge in [-0.3, -0.25) is 0 Å². The van der Waals surface area contributed by atoms with Crippen LogP contribution in [0.2, 0.25) is 0 Å². The lowest BCUT2D eigenvalue weighted by atomic mass is 9.67. The lowest BCUT2D eigenvalue weighted by Crippen LogP contribution is -2.54. The van der Waals surface area contributed by atoms with Crippen molar-refractivity contribution in [1.82, 2.24) is 0 Å². The molecule has 0 unspecified atom stereocenters. The first-order chi connectivity index (χ1) is 8.83. The molecule has 2 aliphatic rings. The summed E-state index contributed by atoms with van der Waals surface area (Å²) in [5.41, 5.74) is 0.774. The van der Waals surface area contributed by atoms with Crippen LogP contribution in [0.5, 0.6) is 0 Å². The third kappa shape index (κ3) is 4.46. The summed E-state index contributed by atoms with van der Waals surface area (Å²) in [6.07, 6.45) is 12.0. The summed E-state index contributed by atoms with van der Waals surface area (Å²) in [5, 5.41) is 0. The van der Waals surface area contributed by atoms with Crippen LogP contribution in [-0.2, 0) is 0 Å². The lowest BCUT2D eigenvalue weighted by Gasteiger charge is -2.48. The number of nitrogens with zero attached hydrogens (tertiary/aromatic N) is 2. The topological polar surface area (TPSA) is 0 Å². The molecule has 2 nitrogen and oxygen atoms in total. The van der Waals surface area contributed by atoms with Crippen molar-refractivity contribution >= 4 is 0 Å².